The summed E-state index contributed by atoms with van der Waals surface area (Å²) in [4.78, 5) is 22.4. The van der Waals surface area contributed by atoms with Crippen LogP contribution in [0.5, 0.6) is 0 Å². The van der Waals surface area contributed by atoms with Gasteiger partial charge in [0.1, 0.15) is 0 Å². The molecule has 15 heavy (non-hydrogen) atoms. The van der Waals surface area contributed by atoms with E-state index in [9.17, 15) is 9.59 Å². The Morgan fingerprint density at radius 1 is 1.07 bits per heavy atom. The van der Waals surface area contributed by atoms with E-state index in [1.807, 2.05) is 13.8 Å². The molecule has 0 aromatic heterocycles. The third-order valence-electron chi connectivity index (χ3n) is 1.84. The molecule has 0 aromatic rings. The number of hydrogen-bond donors (Lipinski definition) is 2. The highest BCUT2D eigenvalue weighted by Crippen LogP contribution is 2.02. The van der Waals surface area contributed by atoms with E-state index in [2.05, 4.69) is 24.5 Å². The summed E-state index contributed by atoms with van der Waals surface area (Å²) in [7, 11) is 0. The lowest BCUT2D eigenvalue weighted by atomic mass is 10.1. The van der Waals surface area contributed by atoms with Crippen LogP contribution in [0.1, 0.15) is 40.5 Å². The smallest absolute Gasteiger partial charge is 0.239 e. The Hall–Kier alpha value is -1.06. The Morgan fingerprint density at radius 2 is 1.67 bits per heavy atom. The lowest BCUT2D eigenvalue weighted by molar-refractivity contribution is -0.126. The molecule has 2 N–H and O–H groups in total. The van der Waals surface area contributed by atoms with E-state index in [4.69, 9.17) is 0 Å². The standard InChI is InChI=1S/C11H22N2O2/c1-8(2)5-6-10(14)12-7-11(15)13-9(3)4/h8-9H,5-7H2,1-4H3,(H,12,14)(H,13,15). The number of amides is 2. The average molecular weight is 214 g/mol. The molecule has 0 saturated heterocycles. The van der Waals surface area contributed by atoms with E-state index >= 15 is 0 Å². The minimum absolute atomic E-state index is 0.0531. The van der Waals surface area contributed by atoms with Crippen molar-refractivity contribution < 1.29 is 9.59 Å². The zero-order valence-corrected chi connectivity index (χ0v) is 10.1. The highest BCUT2D eigenvalue weighted by atomic mass is 16.2. The summed E-state index contributed by atoms with van der Waals surface area (Å²) in [5.74, 6) is 0.325. The molecule has 0 atom stereocenters. The maximum atomic E-state index is 11.2. The Morgan fingerprint density at radius 3 is 2.13 bits per heavy atom. The number of carbonyl (C=O) groups excluding carboxylic acids is 2. The fourth-order valence-electron chi connectivity index (χ4n) is 1.06. The van der Waals surface area contributed by atoms with E-state index < -0.39 is 0 Å². The first-order valence-corrected chi connectivity index (χ1v) is 5.48. The Balaban J connectivity index is 3.58. The van der Waals surface area contributed by atoms with Gasteiger partial charge in [-0.2, -0.15) is 0 Å². The zero-order chi connectivity index (χ0) is 11.8. The van der Waals surface area contributed by atoms with Crippen molar-refractivity contribution in [1.82, 2.24) is 10.6 Å². The Bertz CT molecular complexity index is 213. The van der Waals surface area contributed by atoms with Gasteiger partial charge in [-0.1, -0.05) is 13.8 Å². The molecule has 0 bridgehead atoms. The molecule has 0 aromatic carbocycles. The SMILES string of the molecule is CC(C)CCC(=O)NCC(=O)NC(C)C. The van der Waals surface area contributed by atoms with E-state index in [0.717, 1.165) is 6.42 Å². The zero-order valence-electron chi connectivity index (χ0n) is 10.1. The van der Waals surface area contributed by atoms with E-state index in [1.165, 1.54) is 0 Å². The predicted octanol–water partition coefficient (Wildman–Crippen LogP) is 1.06. The van der Waals surface area contributed by atoms with Gasteiger partial charge in [0.15, 0.2) is 0 Å². The molecule has 0 rings (SSSR count). The van der Waals surface area contributed by atoms with Crippen molar-refractivity contribution in [3.05, 3.63) is 0 Å². The summed E-state index contributed by atoms with van der Waals surface area (Å²) >= 11 is 0. The van der Waals surface area contributed by atoms with Crippen LogP contribution in [0.25, 0.3) is 0 Å². The van der Waals surface area contributed by atoms with Crippen LogP contribution >= 0.6 is 0 Å². The molecule has 0 aliphatic rings. The van der Waals surface area contributed by atoms with Crippen molar-refractivity contribution in [1.29, 1.82) is 0 Å². The minimum atomic E-state index is -0.136. The summed E-state index contributed by atoms with van der Waals surface area (Å²) in [6, 6.07) is 0.116. The van der Waals surface area contributed by atoms with E-state index in [1.54, 1.807) is 0 Å². The summed E-state index contributed by atoms with van der Waals surface area (Å²) in [5.41, 5.74) is 0. The van der Waals surface area contributed by atoms with Crippen molar-refractivity contribution in [2.75, 3.05) is 6.54 Å². The second-order valence-electron chi connectivity index (χ2n) is 4.43. The van der Waals surface area contributed by atoms with Crippen LogP contribution in [0.4, 0.5) is 0 Å². The minimum Gasteiger partial charge on any atom is -0.352 e. The van der Waals surface area contributed by atoms with E-state index in [0.29, 0.717) is 12.3 Å². The summed E-state index contributed by atoms with van der Waals surface area (Å²) in [5, 5.41) is 5.30. The lowest BCUT2D eigenvalue weighted by Crippen LogP contribution is -2.39. The van der Waals surface area contributed by atoms with Gasteiger partial charge in [0, 0.05) is 12.5 Å². The molecule has 2 amide bonds. The second kappa shape index (κ2) is 7.26. The topological polar surface area (TPSA) is 58.2 Å². The molecular weight excluding hydrogens is 192 g/mol. The molecular formula is C11H22N2O2. The van der Waals surface area contributed by atoms with Crippen LogP contribution in [-0.4, -0.2) is 24.4 Å². The fraction of sp³-hybridized carbons (Fsp3) is 0.818. The van der Waals surface area contributed by atoms with Gasteiger partial charge in [0.25, 0.3) is 0 Å². The maximum Gasteiger partial charge on any atom is 0.239 e. The monoisotopic (exact) mass is 214 g/mol. The van der Waals surface area contributed by atoms with Crippen molar-refractivity contribution in [3.8, 4) is 0 Å². The van der Waals surface area contributed by atoms with Crippen molar-refractivity contribution >= 4 is 11.8 Å². The van der Waals surface area contributed by atoms with Crippen molar-refractivity contribution in [2.24, 2.45) is 5.92 Å². The number of hydrogen-bond acceptors (Lipinski definition) is 2. The first kappa shape index (κ1) is 13.9. The molecule has 0 spiro atoms. The normalized spacial score (nSPS) is 10.5. The molecule has 0 radical (unpaired) electrons. The Labute approximate surface area is 91.8 Å². The van der Waals surface area contributed by atoms with Gasteiger partial charge in [-0.05, 0) is 26.2 Å². The largest absolute Gasteiger partial charge is 0.352 e. The van der Waals surface area contributed by atoms with Gasteiger partial charge in [-0.25, -0.2) is 0 Å². The third kappa shape index (κ3) is 9.25. The Kier molecular flexibility index (Phi) is 6.75. The number of carbonyl (C=O) groups is 2. The summed E-state index contributed by atoms with van der Waals surface area (Å²) < 4.78 is 0. The number of rotatable bonds is 6. The fourth-order valence-corrected chi connectivity index (χ4v) is 1.06. The first-order chi connectivity index (χ1) is 6.91. The van der Waals surface area contributed by atoms with Crippen LogP contribution < -0.4 is 10.6 Å². The molecule has 4 heteroatoms. The van der Waals surface area contributed by atoms with E-state index in [-0.39, 0.29) is 24.4 Å². The van der Waals surface area contributed by atoms with Crippen LogP contribution in [-0.2, 0) is 9.59 Å². The van der Waals surface area contributed by atoms with Gasteiger partial charge in [0.05, 0.1) is 6.54 Å². The van der Waals surface area contributed by atoms with Gasteiger partial charge < -0.3 is 10.6 Å². The van der Waals surface area contributed by atoms with Gasteiger partial charge >= 0.3 is 0 Å². The summed E-state index contributed by atoms with van der Waals surface area (Å²) in [6.45, 7) is 7.99. The lowest BCUT2D eigenvalue weighted by Gasteiger charge is -2.09. The molecule has 0 fully saturated rings. The van der Waals surface area contributed by atoms with Crippen LogP contribution in [0.15, 0.2) is 0 Å². The van der Waals surface area contributed by atoms with Crippen LogP contribution in [0.2, 0.25) is 0 Å². The molecule has 0 unspecified atom stereocenters. The quantitative estimate of drug-likeness (QED) is 0.694. The van der Waals surface area contributed by atoms with Gasteiger partial charge in [-0.3, -0.25) is 9.59 Å². The van der Waals surface area contributed by atoms with Crippen molar-refractivity contribution in [2.45, 2.75) is 46.6 Å². The molecule has 0 heterocycles. The van der Waals surface area contributed by atoms with Gasteiger partial charge in [-0.15, -0.1) is 0 Å². The molecule has 0 saturated carbocycles. The average Bonchev–Trinajstić information content (AvgIpc) is 2.10. The highest BCUT2D eigenvalue weighted by molar-refractivity contribution is 5.84. The molecule has 4 nitrogen and oxygen atoms in total. The maximum absolute atomic E-state index is 11.2. The van der Waals surface area contributed by atoms with Crippen LogP contribution in [0, 0.1) is 5.92 Å². The molecule has 88 valence electrons. The predicted molar refractivity (Wildman–Crippen MR) is 60.4 cm³/mol. The van der Waals surface area contributed by atoms with Gasteiger partial charge in [0.2, 0.25) is 11.8 Å². The second-order valence-corrected chi connectivity index (χ2v) is 4.43. The molecule has 0 aliphatic carbocycles. The highest BCUT2D eigenvalue weighted by Gasteiger charge is 2.06. The van der Waals surface area contributed by atoms with Crippen molar-refractivity contribution in [3.63, 3.8) is 0 Å². The third-order valence-corrected chi connectivity index (χ3v) is 1.84. The summed E-state index contributed by atoms with van der Waals surface area (Å²) in [6.07, 6.45) is 1.35. The molecule has 0 aliphatic heterocycles. The first-order valence-electron chi connectivity index (χ1n) is 5.48. The number of nitrogens with one attached hydrogen (secondary N) is 2. The van der Waals surface area contributed by atoms with Crippen LogP contribution in [0.3, 0.4) is 0 Å².